The predicted molar refractivity (Wildman–Crippen MR) is 179 cm³/mol. The molecule has 0 radical (unpaired) electrons. The summed E-state index contributed by atoms with van der Waals surface area (Å²) in [5.41, 5.74) is 11.3. The summed E-state index contributed by atoms with van der Waals surface area (Å²) in [5.74, 6) is 0. The summed E-state index contributed by atoms with van der Waals surface area (Å²) in [4.78, 5) is 2.43. The Morgan fingerprint density at radius 2 is 1.02 bits per heavy atom. The molecular formula is C41H31N. The van der Waals surface area contributed by atoms with E-state index in [0.29, 0.717) is 0 Å². The van der Waals surface area contributed by atoms with Gasteiger partial charge in [-0.15, -0.1) is 0 Å². The fourth-order valence-corrected chi connectivity index (χ4v) is 6.90. The Balaban J connectivity index is 1.28. The number of hydrogen-bond donors (Lipinski definition) is 0. The molecule has 42 heavy (non-hydrogen) atoms. The van der Waals surface area contributed by atoms with Crippen LogP contribution in [0.2, 0.25) is 0 Å². The predicted octanol–water partition coefficient (Wildman–Crippen LogP) is 11.4. The number of fused-ring (bicyclic) bond motifs is 5. The lowest BCUT2D eigenvalue weighted by Gasteiger charge is -2.32. The van der Waals surface area contributed by atoms with E-state index < -0.39 is 0 Å². The number of nitrogens with zero attached hydrogens (tertiary/aromatic N) is 1. The van der Waals surface area contributed by atoms with Gasteiger partial charge in [0.1, 0.15) is 0 Å². The Morgan fingerprint density at radius 1 is 0.429 bits per heavy atom. The van der Waals surface area contributed by atoms with Gasteiger partial charge >= 0.3 is 0 Å². The van der Waals surface area contributed by atoms with E-state index in [1.54, 1.807) is 0 Å². The van der Waals surface area contributed by atoms with Crippen molar-refractivity contribution in [2.75, 3.05) is 4.90 Å². The second kappa shape index (κ2) is 9.46. The maximum absolute atomic E-state index is 2.43. The number of hydrogen-bond acceptors (Lipinski definition) is 1. The molecule has 0 heterocycles. The molecule has 0 bridgehead atoms. The van der Waals surface area contributed by atoms with Crippen molar-refractivity contribution in [2.45, 2.75) is 19.3 Å². The summed E-state index contributed by atoms with van der Waals surface area (Å²) < 4.78 is 0. The molecule has 0 unspecified atom stereocenters. The maximum atomic E-state index is 2.43. The molecule has 0 amide bonds. The average Bonchev–Trinajstić information content (AvgIpc) is 3.27. The van der Waals surface area contributed by atoms with Crippen LogP contribution in [0.3, 0.4) is 0 Å². The lowest BCUT2D eigenvalue weighted by atomic mass is 9.80. The third kappa shape index (κ3) is 3.85. The highest BCUT2D eigenvalue weighted by Crippen LogP contribution is 2.55. The van der Waals surface area contributed by atoms with E-state index in [2.05, 4.69) is 170 Å². The summed E-state index contributed by atoms with van der Waals surface area (Å²) in [6.07, 6.45) is 0. The van der Waals surface area contributed by atoms with E-state index in [9.17, 15) is 0 Å². The Bertz CT molecular complexity index is 2100. The zero-order valence-electron chi connectivity index (χ0n) is 23.9. The van der Waals surface area contributed by atoms with Crippen molar-refractivity contribution in [1.82, 2.24) is 0 Å². The molecule has 1 heteroatoms. The summed E-state index contributed by atoms with van der Waals surface area (Å²) >= 11 is 0. The van der Waals surface area contributed by atoms with Crippen molar-refractivity contribution in [2.24, 2.45) is 0 Å². The smallest absolute Gasteiger partial charge is 0.0508 e. The van der Waals surface area contributed by atoms with Gasteiger partial charge in [-0.2, -0.15) is 0 Å². The quantitative estimate of drug-likeness (QED) is 0.216. The molecule has 200 valence electrons. The van der Waals surface area contributed by atoms with Gasteiger partial charge in [0.25, 0.3) is 0 Å². The third-order valence-electron chi connectivity index (χ3n) is 8.98. The highest BCUT2D eigenvalue weighted by Gasteiger charge is 2.39. The lowest BCUT2D eigenvalue weighted by Crippen LogP contribution is -2.20. The minimum atomic E-state index is -0.149. The summed E-state index contributed by atoms with van der Waals surface area (Å²) in [6.45, 7) is 4.75. The first-order valence-corrected chi connectivity index (χ1v) is 14.7. The van der Waals surface area contributed by atoms with Crippen molar-refractivity contribution in [3.05, 3.63) is 163 Å². The van der Waals surface area contributed by atoms with Crippen molar-refractivity contribution in [3.8, 4) is 22.3 Å². The van der Waals surface area contributed by atoms with Crippen LogP contribution in [-0.2, 0) is 5.41 Å². The first-order valence-electron chi connectivity index (χ1n) is 14.7. The topological polar surface area (TPSA) is 3.24 Å². The molecule has 0 spiro atoms. The number of anilines is 3. The van der Waals surface area contributed by atoms with Gasteiger partial charge in [0.2, 0.25) is 0 Å². The Kier molecular flexibility index (Phi) is 5.55. The fraction of sp³-hybridized carbons (Fsp3) is 0.0732. The fourth-order valence-electron chi connectivity index (χ4n) is 6.90. The molecule has 0 fully saturated rings. The monoisotopic (exact) mass is 537 g/mol. The van der Waals surface area contributed by atoms with E-state index in [0.717, 1.165) is 11.4 Å². The van der Waals surface area contributed by atoms with E-state index >= 15 is 0 Å². The Morgan fingerprint density at radius 3 is 1.76 bits per heavy atom. The molecule has 7 aromatic rings. The van der Waals surface area contributed by atoms with Crippen LogP contribution in [0.15, 0.2) is 152 Å². The molecule has 0 saturated carbocycles. The zero-order valence-corrected chi connectivity index (χ0v) is 23.9. The SMILES string of the molecule is CC1(C)c2cc3ccccc3cc2-c2cccc(N(c3ccccc3)c3ccc(-c4ccc5ccccc5c4)cc3)c21. The average molecular weight is 538 g/mol. The van der Waals surface area contributed by atoms with Crippen LogP contribution in [-0.4, -0.2) is 0 Å². The van der Waals surface area contributed by atoms with Crippen molar-refractivity contribution < 1.29 is 0 Å². The summed E-state index contributed by atoms with van der Waals surface area (Å²) in [6, 6.07) is 55.4. The van der Waals surface area contributed by atoms with Gasteiger partial charge in [-0.05, 0) is 103 Å². The van der Waals surface area contributed by atoms with Gasteiger partial charge in [-0.1, -0.05) is 117 Å². The first-order chi connectivity index (χ1) is 20.6. The van der Waals surface area contributed by atoms with Crippen LogP contribution in [0.1, 0.15) is 25.0 Å². The molecule has 0 atom stereocenters. The van der Waals surface area contributed by atoms with Gasteiger partial charge in [-0.3, -0.25) is 0 Å². The molecule has 8 rings (SSSR count). The normalized spacial score (nSPS) is 13.2. The largest absolute Gasteiger partial charge is 0.310 e. The van der Waals surface area contributed by atoms with Crippen LogP contribution in [0.25, 0.3) is 43.8 Å². The molecule has 1 nitrogen and oxygen atoms in total. The number of para-hydroxylation sites is 1. The Hall–Kier alpha value is -5.14. The third-order valence-corrected chi connectivity index (χ3v) is 8.98. The molecule has 0 N–H and O–H groups in total. The van der Waals surface area contributed by atoms with Gasteiger partial charge in [0.05, 0.1) is 5.69 Å². The first kappa shape index (κ1) is 24.6. The van der Waals surface area contributed by atoms with E-state index in [1.165, 1.54) is 60.6 Å². The molecule has 1 aliphatic rings. The molecule has 1 aliphatic carbocycles. The van der Waals surface area contributed by atoms with Crippen molar-refractivity contribution in [3.63, 3.8) is 0 Å². The molecule has 0 aromatic heterocycles. The highest BCUT2D eigenvalue weighted by molar-refractivity contribution is 5.97. The van der Waals surface area contributed by atoms with Gasteiger partial charge in [-0.25, -0.2) is 0 Å². The molecule has 0 saturated heterocycles. The standard InChI is InChI=1S/C41H31N/c1-41(2)38-27-32-14-9-8-13-31(32)26-37(38)36-17-10-18-39(40(36)41)42(34-15-4-3-5-16-34)35-23-21-29(22-24-35)33-20-19-28-11-6-7-12-30(28)25-33/h3-27H,1-2H3. The van der Waals surface area contributed by atoms with Crippen LogP contribution in [0.4, 0.5) is 17.1 Å². The van der Waals surface area contributed by atoms with E-state index in [4.69, 9.17) is 0 Å². The van der Waals surface area contributed by atoms with Crippen LogP contribution >= 0.6 is 0 Å². The highest BCUT2D eigenvalue weighted by atomic mass is 15.1. The van der Waals surface area contributed by atoms with Gasteiger partial charge in [0, 0.05) is 16.8 Å². The van der Waals surface area contributed by atoms with Crippen molar-refractivity contribution in [1.29, 1.82) is 0 Å². The minimum absolute atomic E-state index is 0.149. The molecule has 7 aromatic carbocycles. The number of rotatable bonds is 4. The maximum Gasteiger partial charge on any atom is 0.0508 e. The van der Waals surface area contributed by atoms with Crippen molar-refractivity contribution >= 4 is 38.6 Å². The van der Waals surface area contributed by atoms with Crippen LogP contribution < -0.4 is 4.90 Å². The number of benzene rings is 7. The summed E-state index contributed by atoms with van der Waals surface area (Å²) in [5, 5.41) is 5.11. The van der Waals surface area contributed by atoms with E-state index in [1.807, 2.05) is 0 Å². The second-order valence-corrected chi connectivity index (χ2v) is 11.8. The molecule has 0 aliphatic heterocycles. The second-order valence-electron chi connectivity index (χ2n) is 11.8. The van der Waals surface area contributed by atoms with Gasteiger partial charge < -0.3 is 4.90 Å². The summed E-state index contributed by atoms with van der Waals surface area (Å²) in [7, 11) is 0. The minimum Gasteiger partial charge on any atom is -0.310 e. The van der Waals surface area contributed by atoms with Crippen LogP contribution in [0, 0.1) is 0 Å². The van der Waals surface area contributed by atoms with Crippen LogP contribution in [0.5, 0.6) is 0 Å². The van der Waals surface area contributed by atoms with E-state index in [-0.39, 0.29) is 5.41 Å². The Labute approximate surface area is 247 Å². The zero-order chi connectivity index (χ0) is 28.3. The molecular weight excluding hydrogens is 506 g/mol. The van der Waals surface area contributed by atoms with Gasteiger partial charge in [0.15, 0.2) is 0 Å². The lowest BCUT2D eigenvalue weighted by molar-refractivity contribution is 0.661.